The second-order valence-corrected chi connectivity index (χ2v) is 15.7. The number of carbonyl (C=O) groups excluding carboxylic acids is 6. The van der Waals surface area contributed by atoms with Gasteiger partial charge in [-0.25, -0.2) is 4.98 Å². The van der Waals surface area contributed by atoms with Crippen molar-refractivity contribution >= 4 is 35.3 Å². The third-order valence-corrected chi connectivity index (χ3v) is 9.16. The maximum atomic E-state index is 14.4. The van der Waals surface area contributed by atoms with Gasteiger partial charge in [-0.3, -0.25) is 33.8 Å². The lowest BCUT2D eigenvalue weighted by atomic mass is 9.83. The molecule has 0 bridgehead atoms. The summed E-state index contributed by atoms with van der Waals surface area (Å²) in [7, 11) is 0. The van der Waals surface area contributed by atoms with Gasteiger partial charge in [0, 0.05) is 25.0 Å². The summed E-state index contributed by atoms with van der Waals surface area (Å²) in [5, 5.41) is 11.1. The highest BCUT2D eigenvalue weighted by atomic mass is 16.2. The van der Waals surface area contributed by atoms with Gasteiger partial charge in [-0.1, -0.05) is 82.6 Å². The minimum absolute atomic E-state index is 0.0451. The van der Waals surface area contributed by atoms with Gasteiger partial charge < -0.3 is 26.2 Å². The Labute approximate surface area is 285 Å². The van der Waals surface area contributed by atoms with Crippen LogP contribution in [0.2, 0.25) is 0 Å². The van der Waals surface area contributed by atoms with Crippen LogP contribution in [0.5, 0.6) is 0 Å². The molecule has 13 nitrogen and oxygen atoms in total. The first-order chi connectivity index (χ1) is 22.1. The third kappa shape index (κ3) is 10.3. The fraction of sp³-hybridized carbons (Fsp3) is 0.714. The number of hydrogen-bond donors (Lipinski definition) is 4. The van der Waals surface area contributed by atoms with E-state index in [1.54, 1.807) is 20.8 Å². The van der Waals surface area contributed by atoms with Gasteiger partial charge in [0.25, 0.3) is 11.8 Å². The highest BCUT2D eigenvalue weighted by Crippen LogP contribution is 2.33. The highest BCUT2D eigenvalue weighted by molar-refractivity contribution is 6.38. The number of amides is 5. The fourth-order valence-corrected chi connectivity index (χ4v) is 5.55. The number of ketones is 1. The normalized spacial score (nSPS) is 20.7. The number of nitrogens with zero attached hydrogens (tertiary/aromatic N) is 3. The first-order valence-corrected chi connectivity index (χ1v) is 16.9. The van der Waals surface area contributed by atoms with Gasteiger partial charge in [-0.15, -0.1) is 0 Å². The third-order valence-electron chi connectivity index (χ3n) is 9.16. The zero-order valence-electron chi connectivity index (χ0n) is 30.8. The number of hydrogen-bond acceptors (Lipinski definition) is 8. The van der Waals surface area contributed by atoms with Gasteiger partial charge in [0.2, 0.25) is 23.5 Å². The second kappa shape index (κ2) is 16.5. The Balaban J connectivity index is 2.36. The zero-order valence-corrected chi connectivity index (χ0v) is 30.8. The van der Waals surface area contributed by atoms with Crippen LogP contribution in [0.3, 0.4) is 0 Å². The average Bonchev–Trinajstić information content (AvgIpc) is 3.30. The lowest BCUT2D eigenvalue weighted by molar-refractivity contribution is -0.146. The predicted molar refractivity (Wildman–Crippen MR) is 182 cm³/mol. The Morgan fingerprint density at radius 1 is 0.875 bits per heavy atom. The van der Waals surface area contributed by atoms with E-state index in [2.05, 4.69) is 31.2 Å². The Hall–Kier alpha value is -3.90. The Kier molecular flexibility index (Phi) is 13.8. The first-order valence-electron chi connectivity index (χ1n) is 16.9. The van der Waals surface area contributed by atoms with Crippen molar-refractivity contribution in [2.45, 2.75) is 126 Å². The molecule has 7 atom stereocenters. The van der Waals surface area contributed by atoms with Gasteiger partial charge in [0.15, 0.2) is 0 Å². The summed E-state index contributed by atoms with van der Waals surface area (Å²) in [6, 6.07) is -4.32. The molecule has 2 rings (SSSR count). The van der Waals surface area contributed by atoms with Gasteiger partial charge in [-0.2, -0.15) is 0 Å². The first kappa shape index (κ1) is 40.3. The van der Waals surface area contributed by atoms with Crippen LogP contribution >= 0.6 is 0 Å². The molecule has 2 heterocycles. The molecular weight excluding hydrogens is 614 g/mol. The zero-order chi connectivity index (χ0) is 36.7. The van der Waals surface area contributed by atoms with Crippen molar-refractivity contribution < 1.29 is 28.8 Å². The van der Waals surface area contributed by atoms with Crippen LogP contribution in [0.1, 0.15) is 106 Å². The summed E-state index contributed by atoms with van der Waals surface area (Å²) in [4.78, 5) is 90.5. The molecule has 0 spiro atoms. The maximum Gasteiger partial charge on any atom is 0.289 e. The van der Waals surface area contributed by atoms with Crippen molar-refractivity contribution in [2.24, 2.45) is 28.6 Å². The smallest absolute Gasteiger partial charge is 0.289 e. The van der Waals surface area contributed by atoms with Crippen molar-refractivity contribution in [1.29, 1.82) is 0 Å². The van der Waals surface area contributed by atoms with Gasteiger partial charge in [-0.05, 0) is 41.9 Å². The van der Waals surface area contributed by atoms with Gasteiger partial charge >= 0.3 is 0 Å². The molecule has 268 valence electrons. The molecule has 5 amide bonds. The summed E-state index contributed by atoms with van der Waals surface area (Å²) < 4.78 is 0. The van der Waals surface area contributed by atoms with E-state index in [0.717, 1.165) is 0 Å². The molecular formula is C35H57N7O6. The van der Waals surface area contributed by atoms with Crippen LogP contribution in [0.25, 0.3) is 0 Å². The minimum Gasteiger partial charge on any atom is -0.347 e. The summed E-state index contributed by atoms with van der Waals surface area (Å²) in [5.41, 5.74) is -1.48. The lowest BCUT2D eigenvalue weighted by Crippen LogP contribution is -2.63. The summed E-state index contributed by atoms with van der Waals surface area (Å²) in [6.45, 7) is 22.4. The predicted octanol–water partition coefficient (Wildman–Crippen LogP) is 2.65. The van der Waals surface area contributed by atoms with Crippen LogP contribution in [0.4, 0.5) is 0 Å². The van der Waals surface area contributed by atoms with E-state index in [-0.39, 0.29) is 42.5 Å². The number of rotatable bonds is 13. The molecule has 0 aliphatic carbocycles. The summed E-state index contributed by atoms with van der Waals surface area (Å²) in [6.07, 6.45) is 4.91. The van der Waals surface area contributed by atoms with Crippen LogP contribution in [-0.2, 0) is 24.0 Å². The topological polar surface area (TPSA) is 180 Å². The van der Waals surface area contributed by atoms with Crippen molar-refractivity contribution in [3.05, 3.63) is 24.3 Å². The SMILES string of the molecule is CCC[C@H](NC(=O)[C@@H]1[C@@H](C)[C@@H](C)CN1C(=O)[C@@H](NC(=O)[C@@H](NC(=O)c1cnccn1)C(C)(C)C)C(C)(C)C)C(=O)C(=O)N[C@@H](C)C(C)C. The Morgan fingerprint density at radius 2 is 1.48 bits per heavy atom. The molecule has 1 aliphatic rings. The van der Waals surface area contributed by atoms with Crippen molar-refractivity contribution in [3.8, 4) is 0 Å². The van der Waals surface area contributed by atoms with E-state index in [1.165, 1.54) is 23.5 Å². The lowest BCUT2D eigenvalue weighted by Gasteiger charge is -2.38. The fourth-order valence-electron chi connectivity index (χ4n) is 5.55. The summed E-state index contributed by atoms with van der Waals surface area (Å²) in [5.74, 6) is -3.84. The molecule has 0 unspecified atom stereocenters. The van der Waals surface area contributed by atoms with Crippen LogP contribution in [0, 0.1) is 28.6 Å². The molecule has 1 fully saturated rings. The molecule has 1 aromatic heterocycles. The number of carbonyl (C=O) groups is 6. The van der Waals surface area contributed by atoms with Crippen molar-refractivity contribution in [2.75, 3.05) is 6.54 Å². The van der Waals surface area contributed by atoms with Crippen molar-refractivity contribution in [1.82, 2.24) is 36.1 Å². The van der Waals surface area contributed by atoms with E-state index in [4.69, 9.17) is 0 Å². The molecule has 48 heavy (non-hydrogen) atoms. The number of Topliss-reactive ketones (excluding diaryl/α,β-unsaturated/α-hetero) is 1. The van der Waals surface area contributed by atoms with Gasteiger partial charge in [0.1, 0.15) is 23.8 Å². The molecule has 4 N–H and O–H groups in total. The van der Waals surface area contributed by atoms with Crippen LogP contribution < -0.4 is 21.3 Å². The molecule has 0 aromatic carbocycles. The molecule has 1 aromatic rings. The minimum atomic E-state index is -1.06. The molecule has 1 saturated heterocycles. The molecule has 0 saturated carbocycles. The number of likely N-dealkylation sites (tertiary alicyclic amines) is 1. The molecule has 13 heteroatoms. The summed E-state index contributed by atoms with van der Waals surface area (Å²) >= 11 is 0. The Morgan fingerprint density at radius 3 is 1.98 bits per heavy atom. The average molecular weight is 672 g/mol. The van der Waals surface area contributed by atoms with Crippen LogP contribution in [0.15, 0.2) is 18.6 Å². The maximum absolute atomic E-state index is 14.4. The second-order valence-electron chi connectivity index (χ2n) is 15.7. The van der Waals surface area contributed by atoms with Gasteiger partial charge in [0.05, 0.1) is 12.2 Å². The molecule has 1 aliphatic heterocycles. The van der Waals surface area contributed by atoms with E-state index >= 15 is 0 Å². The van der Waals surface area contributed by atoms with E-state index < -0.39 is 70.3 Å². The van der Waals surface area contributed by atoms with Crippen molar-refractivity contribution in [3.63, 3.8) is 0 Å². The quantitative estimate of drug-likeness (QED) is 0.231. The largest absolute Gasteiger partial charge is 0.347 e. The molecule has 0 radical (unpaired) electrons. The van der Waals surface area contributed by atoms with E-state index in [9.17, 15) is 28.8 Å². The number of nitrogens with one attached hydrogen (secondary N) is 4. The highest BCUT2D eigenvalue weighted by Gasteiger charge is 2.49. The van der Waals surface area contributed by atoms with E-state index in [1.807, 2.05) is 62.3 Å². The van der Waals surface area contributed by atoms with Crippen LogP contribution in [-0.4, -0.2) is 86.9 Å². The van der Waals surface area contributed by atoms with E-state index in [0.29, 0.717) is 6.42 Å². The number of aromatic nitrogens is 2. The Bertz CT molecular complexity index is 1320. The standard InChI is InChI=1S/C35H57N7O6/c1-13-14-23(26(43)31(46)38-22(6)19(2)3)39-30(45)25-21(5)20(4)18-42(25)33(48)28(35(10,11)12)41-32(47)27(34(7,8)9)40-29(44)24-17-36-15-16-37-24/h15-17,19-23,25,27-28H,13-14,18H2,1-12H3,(H,38,46)(H,39,45)(H,40,44)(H,41,47)/t20-,21-,22-,23-,25-,27+,28+/m0/s1. The monoisotopic (exact) mass is 671 g/mol.